The van der Waals surface area contributed by atoms with Gasteiger partial charge in [0, 0.05) is 6.20 Å². The summed E-state index contributed by atoms with van der Waals surface area (Å²) >= 11 is 0. The van der Waals surface area contributed by atoms with Gasteiger partial charge in [-0.05, 0) is 41.8 Å². The van der Waals surface area contributed by atoms with Gasteiger partial charge >= 0.3 is 5.97 Å². The van der Waals surface area contributed by atoms with Crippen LogP contribution in [0.3, 0.4) is 0 Å². The minimum absolute atomic E-state index is 0.318. The fourth-order valence-corrected chi connectivity index (χ4v) is 2.59. The van der Waals surface area contributed by atoms with Gasteiger partial charge in [-0.25, -0.2) is 4.79 Å². The maximum atomic E-state index is 11.3. The van der Waals surface area contributed by atoms with Crippen molar-refractivity contribution < 1.29 is 14.6 Å². The Bertz CT molecular complexity index is 904. The number of carboxylic acid groups (broad SMARTS) is 1. The van der Waals surface area contributed by atoms with Crippen molar-refractivity contribution in [2.75, 3.05) is 0 Å². The first kappa shape index (κ1) is 17.4. The summed E-state index contributed by atoms with van der Waals surface area (Å²) in [6.45, 7) is 0.467. The van der Waals surface area contributed by atoms with Crippen molar-refractivity contribution in [2.45, 2.75) is 13.0 Å². The lowest BCUT2D eigenvalue weighted by atomic mass is 10.0. The number of rotatable bonds is 7. The second-order valence-electron chi connectivity index (χ2n) is 5.73. The fraction of sp³-hybridized carbons (Fsp3) is 0.0909. The Morgan fingerprint density at radius 3 is 2.58 bits per heavy atom. The second kappa shape index (κ2) is 8.62. The molecule has 0 radical (unpaired) electrons. The van der Waals surface area contributed by atoms with Gasteiger partial charge in [0.05, 0.1) is 5.56 Å². The molecule has 3 rings (SSSR count). The first-order valence-electron chi connectivity index (χ1n) is 8.33. The molecule has 0 atom stereocenters. The number of allylic oxidation sites excluding steroid dienone is 1. The van der Waals surface area contributed by atoms with E-state index < -0.39 is 5.97 Å². The third-order valence-corrected chi connectivity index (χ3v) is 3.90. The number of hydrogen-bond acceptors (Lipinski definition) is 3. The monoisotopic (exact) mass is 345 g/mol. The Balaban J connectivity index is 1.70. The molecule has 130 valence electrons. The molecule has 0 unspecified atom stereocenters. The van der Waals surface area contributed by atoms with Crippen molar-refractivity contribution in [2.24, 2.45) is 0 Å². The average Bonchev–Trinajstić information content (AvgIpc) is 2.68. The van der Waals surface area contributed by atoms with Crippen LogP contribution in [-0.4, -0.2) is 16.1 Å². The van der Waals surface area contributed by atoms with Crippen LogP contribution in [0.15, 0.2) is 79.0 Å². The first-order chi connectivity index (χ1) is 12.7. The minimum atomic E-state index is -0.918. The van der Waals surface area contributed by atoms with E-state index in [1.807, 2.05) is 66.7 Å². The summed E-state index contributed by atoms with van der Waals surface area (Å²) in [6, 6.07) is 20.6. The van der Waals surface area contributed by atoms with E-state index in [2.05, 4.69) is 4.98 Å². The topological polar surface area (TPSA) is 59.4 Å². The van der Waals surface area contributed by atoms with Crippen LogP contribution < -0.4 is 4.74 Å². The zero-order valence-corrected chi connectivity index (χ0v) is 14.2. The van der Waals surface area contributed by atoms with E-state index in [1.54, 1.807) is 18.3 Å². The van der Waals surface area contributed by atoms with Gasteiger partial charge in [-0.1, -0.05) is 54.6 Å². The first-order valence-corrected chi connectivity index (χ1v) is 8.33. The molecular weight excluding hydrogens is 326 g/mol. The zero-order chi connectivity index (χ0) is 18.2. The van der Waals surface area contributed by atoms with Crippen LogP contribution in [0.4, 0.5) is 0 Å². The molecule has 0 spiro atoms. The number of carbonyl (C=O) groups is 1. The lowest BCUT2D eigenvalue weighted by Gasteiger charge is -2.08. The van der Waals surface area contributed by atoms with Crippen molar-refractivity contribution in [3.8, 4) is 5.75 Å². The summed E-state index contributed by atoms with van der Waals surface area (Å²) in [5.41, 5.74) is 2.88. The molecule has 26 heavy (non-hydrogen) atoms. The molecule has 1 N–H and O–H groups in total. The van der Waals surface area contributed by atoms with Crippen molar-refractivity contribution >= 4 is 12.0 Å². The highest BCUT2D eigenvalue weighted by molar-refractivity contribution is 5.89. The van der Waals surface area contributed by atoms with Gasteiger partial charge in [0.25, 0.3) is 0 Å². The highest BCUT2D eigenvalue weighted by atomic mass is 16.5. The molecule has 0 aliphatic rings. The molecule has 3 aromatic rings. The summed E-state index contributed by atoms with van der Waals surface area (Å²) in [6.07, 6.45) is 5.98. The van der Waals surface area contributed by atoms with Gasteiger partial charge in [-0.2, -0.15) is 0 Å². The maximum Gasteiger partial charge on any atom is 0.335 e. The van der Waals surface area contributed by atoms with Crippen LogP contribution >= 0.6 is 0 Å². The number of carboxylic acids is 1. The molecule has 1 heterocycles. The van der Waals surface area contributed by atoms with Crippen LogP contribution in [0.2, 0.25) is 0 Å². The minimum Gasteiger partial charge on any atom is -0.487 e. The number of benzene rings is 2. The Hall–Kier alpha value is -3.40. The molecule has 0 bridgehead atoms. The quantitative estimate of drug-likeness (QED) is 0.679. The molecule has 0 amide bonds. The van der Waals surface area contributed by atoms with Gasteiger partial charge < -0.3 is 9.84 Å². The molecule has 1 aromatic heterocycles. The van der Waals surface area contributed by atoms with E-state index in [1.165, 1.54) is 0 Å². The molecule has 4 heteroatoms. The summed E-state index contributed by atoms with van der Waals surface area (Å²) in [7, 11) is 0. The number of aromatic nitrogens is 1. The highest BCUT2D eigenvalue weighted by Crippen LogP contribution is 2.19. The van der Waals surface area contributed by atoms with Crippen molar-refractivity contribution in [1.82, 2.24) is 4.98 Å². The molecule has 0 saturated heterocycles. The Labute approximate surface area is 152 Å². The predicted molar refractivity (Wildman–Crippen MR) is 101 cm³/mol. The Morgan fingerprint density at radius 2 is 1.77 bits per heavy atom. The average molecular weight is 345 g/mol. The smallest absolute Gasteiger partial charge is 0.335 e. The number of nitrogens with zero attached hydrogens (tertiary/aromatic N) is 1. The Kier molecular flexibility index (Phi) is 5.78. The van der Waals surface area contributed by atoms with E-state index in [0.717, 1.165) is 16.8 Å². The van der Waals surface area contributed by atoms with Crippen LogP contribution in [0.25, 0.3) is 6.08 Å². The van der Waals surface area contributed by atoms with E-state index in [4.69, 9.17) is 4.74 Å². The molecular formula is C22H19NO3. The van der Waals surface area contributed by atoms with Gasteiger partial charge in [0.2, 0.25) is 0 Å². The lowest BCUT2D eigenvalue weighted by Crippen LogP contribution is -2.01. The molecule has 0 saturated carbocycles. The second-order valence-corrected chi connectivity index (χ2v) is 5.73. The SMILES string of the molecule is O=C(O)c1ccccc1CC=Cc1ncccc1OCc1ccccc1. The standard InChI is InChI=1S/C22H19NO3/c24-22(25)19-12-5-4-10-18(19)11-6-13-20-21(14-7-15-23-20)26-16-17-8-2-1-3-9-17/h1-10,12-15H,11,16H2,(H,24,25). The highest BCUT2D eigenvalue weighted by Gasteiger charge is 2.07. The van der Waals surface area contributed by atoms with E-state index >= 15 is 0 Å². The molecule has 0 aliphatic carbocycles. The molecule has 4 nitrogen and oxygen atoms in total. The summed E-state index contributed by atoms with van der Waals surface area (Å²) in [4.78, 5) is 15.6. The summed E-state index contributed by atoms with van der Waals surface area (Å²) in [5.74, 6) is -0.224. The van der Waals surface area contributed by atoms with Crippen LogP contribution in [0, 0.1) is 0 Å². The third-order valence-electron chi connectivity index (χ3n) is 3.90. The van der Waals surface area contributed by atoms with Gasteiger partial charge in [-0.3, -0.25) is 4.98 Å². The normalized spacial score (nSPS) is 10.8. The largest absolute Gasteiger partial charge is 0.487 e. The van der Waals surface area contributed by atoms with E-state index in [-0.39, 0.29) is 0 Å². The predicted octanol–water partition coefficient (Wildman–Crippen LogP) is 4.61. The zero-order valence-electron chi connectivity index (χ0n) is 14.2. The summed E-state index contributed by atoms with van der Waals surface area (Å²) in [5, 5.41) is 9.25. The molecule has 0 aliphatic heterocycles. The molecule has 0 fully saturated rings. The Morgan fingerprint density at radius 1 is 1.00 bits per heavy atom. The lowest BCUT2D eigenvalue weighted by molar-refractivity contribution is 0.0696. The van der Waals surface area contributed by atoms with Crippen molar-refractivity contribution in [3.63, 3.8) is 0 Å². The van der Waals surface area contributed by atoms with Gasteiger partial charge in [0.1, 0.15) is 18.1 Å². The van der Waals surface area contributed by atoms with Gasteiger partial charge in [0.15, 0.2) is 0 Å². The van der Waals surface area contributed by atoms with E-state index in [9.17, 15) is 9.90 Å². The third kappa shape index (κ3) is 4.57. The summed E-state index contributed by atoms with van der Waals surface area (Å²) < 4.78 is 5.88. The van der Waals surface area contributed by atoms with Crippen LogP contribution in [0.1, 0.15) is 27.2 Å². The number of aromatic carboxylic acids is 1. The van der Waals surface area contributed by atoms with Crippen LogP contribution in [0.5, 0.6) is 5.75 Å². The molecule has 2 aromatic carbocycles. The fourth-order valence-electron chi connectivity index (χ4n) is 2.59. The van der Waals surface area contributed by atoms with E-state index in [0.29, 0.717) is 24.3 Å². The van der Waals surface area contributed by atoms with Crippen molar-refractivity contribution in [3.05, 3.63) is 101 Å². The number of pyridine rings is 1. The number of hydrogen-bond donors (Lipinski definition) is 1. The number of ether oxygens (including phenoxy) is 1. The van der Waals surface area contributed by atoms with Gasteiger partial charge in [-0.15, -0.1) is 0 Å². The maximum absolute atomic E-state index is 11.3. The van der Waals surface area contributed by atoms with Crippen molar-refractivity contribution in [1.29, 1.82) is 0 Å². The van der Waals surface area contributed by atoms with Crippen LogP contribution in [-0.2, 0) is 13.0 Å².